The van der Waals surface area contributed by atoms with Crippen LogP contribution in [-0.2, 0) is 4.79 Å². The summed E-state index contributed by atoms with van der Waals surface area (Å²) in [5, 5.41) is 16.7. The second-order valence-electron chi connectivity index (χ2n) is 4.94. The third kappa shape index (κ3) is 1.91. The van der Waals surface area contributed by atoms with Crippen LogP contribution in [0.2, 0.25) is 0 Å². The van der Waals surface area contributed by atoms with Crippen molar-refractivity contribution in [3.05, 3.63) is 23.5 Å². The molecular weight excluding hydrogens is 260 g/mol. The van der Waals surface area contributed by atoms with Gasteiger partial charge in [0.2, 0.25) is 0 Å². The molecule has 0 radical (unpaired) electrons. The molecule has 2 aromatic heterocycles. The Morgan fingerprint density at radius 3 is 3.05 bits per heavy atom. The highest BCUT2D eigenvalue weighted by Gasteiger charge is 2.34. The molecule has 7 nitrogen and oxygen atoms in total. The number of hydrogen-bond donors (Lipinski definition) is 2. The van der Waals surface area contributed by atoms with Crippen LogP contribution >= 0.6 is 0 Å². The molecule has 0 spiro atoms. The number of carbonyl (C=O) groups is 2. The highest BCUT2D eigenvalue weighted by atomic mass is 16.4. The minimum Gasteiger partial charge on any atom is -0.480 e. The second-order valence-corrected chi connectivity index (χ2v) is 4.94. The molecule has 1 atom stereocenters. The van der Waals surface area contributed by atoms with E-state index in [-0.39, 0.29) is 5.91 Å². The molecule has 2 aromatic rings. The van der Waals surface area contributed by atoms with Crippen molar-refractivity contribution in [3.8, 4) is 0 Å². The zero-order valence-electron chi connectivity index (χ0n) is 11.0. The third-order valence-corrected chi connectivity index (χ3v) is 3.65. The standard InChI is InChI=1S/C13H14N4O3/c1-7-9-5-8(6-14-11(9)16-15-7)12(18)17-4-2-3-10(17)13(19)20/h5-6,10H,2-4H2,1H3,(H,19,20)(H,14,15,16). The fourth-order valence-corrected chi connectivity index (χ4v) is 2.57. The maximum atomic E-state index is 12.4. The predicted octanol–water partition coefficient (Wildman–Crippen LogP) is 0.956. The Balaban J connectivity index is 1.95. The number of fused-ring (bicyclic) bond motifs is 1. The lowest BCUT2D eigenvalue weighted by molar-refractivity contribution is -0.141. The van der Waals surface area contributed by atoms with Gasteiger partial charge in [-0.3, -0.25) is 9.89 Å². The van der Waals surface area contributed by atoms with E-state index in [4.69, 9.17) is 5.11 Å². The number of carbonyl (C=O) groups excluding carboxylic acids is 1. The number of likely N-dealkylation sites (tertiary alicyclic amines) is 1. The minimum absolute atomic E-state index is 0.287. The summed E-state index contributed by atoms with van der Waals surface area (Å²) in [6.45, 7) is 2.32. The molecule has 1 amide bonds. The van der Waals surface area contributed by atoms with Crippen molar-refractivity contribution in [2.24, 2.45) is 0 Å². The smallest absolute Gasteiger partial charge is 0.326 e. The van der Waals surface area contributed by atoms with Crippen LogP contribution in [0.3, 0.4) is 0 Å². The number of carboxylic acid groups (broad SMARTS) is 1. The Hall–Kier alpha value is -2.44. The predicted molar refractivity (Wildman–Crippen MR) is 70.3 cm³/mol. The molecule has 1 aliphatic rings. The lowest BCUT2D eigenvalue weighted by Gasteiger charge is -2.21. The summed E-state index contributed by atoms with van der Waals surface area (Å²) in [5.74, 6) is -1.24. The molecule has 3 rings (SSSR count). The summed E-state index contributed by atoms with van der Waals surface area (Å²) < 4.78 is 0. The first-order chi connectivity index (χ1) is 9.58. The molecule has 3 heterocycles. The minimum atomic E-state index is -0.954. The van der Waals surface area contributed by atoms with E-state index >= 15 is 0 Å². The van der Waals surface area contributed by atoms with Crippen molar-refractivity contribution in [1.82, 2.24) is 20.1 Å². The quantitative estimate of drug-likeness (QED) is 0.849. The molecule has 1 saturated heterocycles. The number of nitrogens with zero attached hydrogens (tertiary/aromatic N) is 3. The van der Waals surface area contributed by atoms with Crippen LogP contribution in [0.4, 0.5) is 0 Å². The second kappa shape index (κ2) is 4.59. The molecule has 2 N–H and O–H groups in total. The molecule has 7 heteroatoms. The van der Waals surface area contributed by atoms with E-state index in [0.717, 1.165) is 11.1 Å². The summed E-state index contributed by atoms with van der Waals surface area (Å²) >= 11 is 0. The molecule has 1 aliphatic heterocycles. The average Bonchev–Trinajstić information content (AvgIpc) is 3.05. The number of aromatic nitrogens is 3. The molecule has 1 unspecified atom stereocenters. The lowest BCUT2D eigenvalue weighted by Crippen LogP contribution is -2.40. The van der Waals surface area contributed by atoms with Crippen LogP contribution in [0.25, 0.3) is 11.0 Å². The van der Waals surface area contributed by atoms with Crippen LogP contribution < -0.4 is 0 Å². The molecule has 0 bridgehead atoms. The SMILES string of the molecule is Cc1[nH]nc2ncc(C(=O)N3CCCC3C(=O)O)cc12. The van der Waals surface area contributed by atoms with Gasteiger partial charge >= 0.3 is 5.97 Å². The maximum Gasteiger partial charge on any atom is 0.326 e. The fraction of sp³-hybridized carbons (Fsp3) is 0.385. The summed E-state index contributed by atoms with van der Waals surface area (Å²) in [7, 11) is 0. The van der Waals surface area contributed by atoms with Crippen molar-refractivity contribution in [2.45, 2.75) is 25.8 Å². The van der Waals surface area contributed by atoms with E-state index in [0.29, 0.717) is 30.6 Å². The van der Waals surface area contributed by atoms with Gasteiger partial charge in [-0.25, -0.2) is 9.78 Å². The first-order valence-electron chi connectivity index (χ1n) is 6.42. The molecule has 20 heavy (non-hydrogen) atoms. The summed E-state index contributed by atoms with van der Waals surface area (Å²) in [6.07, 6.45) is 2.66. The lowest BCUT2D eigenvalue weighted by atomic mass is 10.1. The zero-order chi connectivity index (χ0) is 14.3. The Morgan fingerprint density at radius 2 is 2.30 bits per heavy atom. The number of carboxylic acids is 1. The first-order valence-corrected chi connectivity index (χ1v) is 6.42. The van der Waals surface area contributed by atoms with Crippen molar-refractivity contribution in [1.29, 1.82) is 0 Å². The van der Waals surface area contributed by atoms with Gasteiger partial charge in [-0.2, -0.15) is 5.10 Å². The van der Waals surface area contributed by atoms with E-state index in [1.807, 2.05) is 6.92 Å². The van der Waals surface area contributed by atoms with Gasteiger partial charge in [0.25, 0.3) is 5.91 Å². The van der Waals surface area contributed by atoms with Gasteiger partial charge in [0.15, 0.2) is 5.65 Å². The number of nitrogens with one attached hydrogen (secondary N) is 1. The van der Waals surface area contributed by atoms with Gasteiger partial charge in [-0.1, -0.05) is 0 Å². The van der Waals surface area contributed by atoms with Gasteiger partial charge in [0.1, 0.15) is 6.04 Å². The Bertz CT molecular complexity index is 694. The largest absolute Gasteiger partial charge is 0.480 e. The number of rotatable bonds is 2. The monoisotopic (exact) mass is 274 g/mol. The van der Waals surface area contributed by atoms with Gasteiger partial charge < -0.3 is 10.0 Å². The Kier molecular flexibility index (Phi) is 2.89. The topological polar surface area (TPSA) is 99.2 Å². The maximum absolute atomic E-state index is 12.4. The van der Waals surface area contributed by atoms with Crippen molar-refractivity contribution in [3.63, 3.8) is 0 Å². The summed E-state index contributed by atoms with van der Waals surface area (Å²) in [4.78, 5) is 29.1. The van der Waals surface area contributed by atoms with Crippen LogP contribution in [-0.4, -0.2) is 49.7 Å². The van der Waals surface area contributed by atoms with Gasteiger partial charge in [-0.05, 0) is 25.8 Å². The van der Waals surface area contributed by atoms with Crippen LogP contribution in [0.5, 0.6) is 0 Å². The van der Waals surface area contributed by atoms with Crippen LogP contribution in [0.1, 0.15) is 28.9 Å². The van der Waals surface area contributed by atoms with E-state index in [2.05, 4.69) is 15.2 Å². The Morgan fingerprint density at radius 1 is 1.50 bits per heavy atom. The average molecular weight is 274 g/mol. The number of hydrogen-bond acceptors (Lipinski definition) is 4. The zero-order valence-corrected chi connectivity index (χ0v) is 11.0. The van der Waals surface area contributed by atoms with Gasteiger partial charge in [-0.15, -0.1) is 0 Å². The number of H-pyrrole nitrogens is 1. The van der Waals surface area contributed by atoms with Crippen LogP contribution in [0, 0.1) is 6.92 Å². The van der Waals surface area contributed by atoms with E-state index < -0.39 is 12.0 Å². The number of amides is 1. The van der Waals surface area contributed by atoms with E-state index in [9.17, 15) is 9.59 Å². The summed E-state index contributed by atoms with van der Waals surface area (Å²) in [5.41, 5.74) is 1.78. The molecule has 0 saturated carbocycles. The van der Waals surface area contributed by atoms with Crippen molar-refractivity contribution in [2.75, 3.05) is 6.54 Å². The molecule has 0 aliphatic carbocycles. The number of aliphatic carboxylic acids is 1. The molecular formula is C13H14N4O3. The molecule has 104 valence electrons. The fourth-order valence-electron chi connectivity index (χ4n) is 2.57. The normalized spacial score (nSPS) is 18.6. The Labute approximate surface area is 114 Å². The van der Waals surface area contributed by atoms with Crippen molar-refractivity contribution < 1.29 is 14.7 Å². The van der Waals surface area contributed by atoms with E-state index in [1.54, 1.807) is 6.07 Å². The molecule has 1 fully saturated rings. The molecule has 0 aromatic carbocycles. The van der Waals surface area contributed by atoms with Gasteiger partial charge in [0, 0.05) is 23.8 Å². The summed E-state index contributed by atoms with van der Waals surface area (Å²) in [6, 6.07) is 0.976. The van der Waals surface area contributed by atoms with Crippen molar-refractivity contribution >= 4 is 22.9 Å². The number of aryl methyl sites for hydroxylation is 1. The van der Waals surface area contributed by atoms with Gasteiger partial charge in [0.05, 0.1) is 5.56 Å². The van der Waals surface area contributed by atoms with Crippen LogP contribution in [0.15, 0.2) is 12.3 Å². The highest BCUT2D eigenvalue weighted by molar-refractivity contribution is 5.99. The number of pyridine rings is 1. The van der Waals surface area contributed by atoms with E-state index in [1.165, 1.54) is 11.1 Å². The highest BCUT2D eigenvalue weighted by Crippen LogP contribution is 2.22. The first kappa shape index (κ1) is 12.6. The third-order valence-electron chi connectivity index (χ3n) is 3.65. The number of aromatic amines is 1.